The van der Waals surface area contributed by atoms with Crippen molar-refractivity contribution < 1.29 is 9.84 Å². The zero-order valence-corrected chi connectivity index (χ0v) is 18.1. The molecule has 1 aliphatic rings. The van der Waals surface area contributed by atoms with Gasteiger partial charge in [0.2, 0.25) is 0 Å². The Labute approximate surface area is 169 Å². The molecular formula is C21H37N5O2. The van der Waals surface area contributed by atoms with Gasteiger partial charge in [-0.2, -0.15) is 0 Å². The molecule has 0 spiro atoms. The lowest BCUT2D eigenvalue weighted by Gasteiger charge is -2.34. The van der Waals surface area contributed by atoms with E-state index in [0.717, 1.165) is 38.8 Å². The third-order valence-electron chi connectivity index (χ3n) is 4.78. The fourth-order valence-electron chi connectivity index (χ4n) is 3.30. The van der Waals surface area contributed by atoms with Crippen LogP contribution in [0.25, 0.3) is 0 Å². The summed E-state index contributed by atoms with van der Waals surface area (Å²) < 4.78 is 5.38. The number of morpholine rings is 1. The lowest BCUT2D eigenvalue weighted by Crippen LogP contribution is -2.52. The van der Waals surface area contributed by atoms with E-state index in [2.05, 4.69) is 45.6 Å². The molecule has 7 heteroatoms. The van der Waals surface area contributed by atoms with Crippen LogP contribution < -0.4 is 15.5 Å². The van der Waals surface area contributed by atoms with Crippen molar-refractivity contribution in [3.8, 4) is 0 Å². The predicted octanol–water partition coefficient (Wildman–Crippen LogP) is 1.20. The fourth-order valence-corrected chi connectivity index (χ4v) is 3.30. The minimum absolute atomic E-state index is 0.435. The van der Waals surface area contributed by atoms with Gasteiger partial charge in [-0.3, -0.25) is 4.90 Å². The van der Waals surface area contributed by atoms with E-state index in [0.29, 0.717) is 19.6 Å². The van der Waals surface area contributed by atoms with E-state index < -0.39 is 5.60 Å². The molecule has 1 heterocycles. The van der Waals surface area contributed by atoms with Crippen LogP contribution in [0.5, 0.6) is 0 Å². The Bertz CT molecular complexity index is 640. The first-order valence-corrected chi connectivity index (χ1v) is 10.1. The number of β-amino-alcohol motifs (C(OH)–C–C–N with tert-alkyl or cyclic N) is 1. The number of anilines is 1. The molecule has 2 rings (SSSR count). The summed E-state index contributed by atoms with van der Waals surface area (Å²) in [5, 5.41) is 17.4. The van der Waals surface area contributed by atoms with Crippen LogP contribution >= 0.6 is 0 Å². The summed E-state index contributed by atoms with van der Waals surface area (Å²) in [6.45, 7) is 11.6. The van der Waals surface area contributed by atoms with E-state index in [4.69, 9.17) is 9.73 Å². The zero-order chi connectivity index (χ0) is 20.6. The van der Waals surface area contributed by atoms with Crippen molar-refractivity contribution in [3.05, 3.63) is 29.3 Å². The molecule has 7 nitrogen and oxygen atoms in total. The maximum absolute atomic E-state index is 10.8. The average Bonchev–Trinajstić information content (AvgIpc) is 2.65. The van der Waals surface area contributed by atoms with Gasteiger partial charge in [-0.05, 0) is 38.0 Å². The van der Waals surface area contributed by atoms with Crippen molar-refractivity contribution >= 4 is 11.6 Å². The van der Waals surface area contributed by atoms with E-state index in [-0.39, 0.29) is 0 Å². The average molecular weight is 392 g/mol. The van der Waals surface area contributed by atoms with Crippen molar-refractivity contribution in [1.29, 1.82) is 0 Å². The van der Waals surface area contributed by atoms with Gasteiger partial charge in [-0.25, -0.2) is 4.99 Å². The third-order valence-corrected chi connectivity index (χ3v) is 4.78. The van der Waals surface area contributed by atoms with Gasteiger partial charge in [-0.1, -0.05) is 12.1 Å². The summed E-state index contributed by atoms with van der Waals surface area (Å²) in [5.74, 6) is 0.718. The second-order valence-corrected chi connectivity index (χ2v) is 7.96. The van der Waals surface area contributed by atoms with Gasteiger partial charge in [-0.15, -0.1) is 0 Å². The molecule has 1 aromatic rings. The normalized spacial score (nSPS) is 17.9. The molecule has 1 aromatic carbocycles. The molecule has 0 saturated carbocycles. The van der Waals surface area contributed by atoms with Gasteiger partial charge >= 0.3 is 0 Å². The highest BCUT2D eigenvalue weighted by Crippen LogP contribution is 2.21. The van der Waals surface area contributed by atoms with Gasteiger partial charge in [0.05, 0.1) is 25.4 Å². The number of aliphatic hydroxyl groups is 1. The van der Waals surface area contributed by atoms with E-state index in [9.17, 15) is 5.11 Å². The molecular weight excluding hydrogens is 354 g/mol. The molecule has 1 atom stereocenters. The highest BCUT2D eigenvalue weighted by Gasteiger charge is 2.25. The van der Waals surface area contributed by atoms with Gasteiger partial charge in [0, 0.05) is 52.5 Å². The van der Waals surface area contributed by atoms with Crippen LogP contribution in [0.1, 0.15) is 25.0 Å². The Balaban J connectivity index is 1.98. The molecule has 1 unspecified atom stereocenters. The molecule has 0 bridgehead atoms. The van der Waals surface area contributed by atoms with Gasteiger partial charge < -0.3 is 25.4 Å². The van der Waals surface area contributed by atoms with E-state index in [1.807, 2.05) is 27.9 Å². The van der Waals surface area contributed by atoms with Crippen LogP contribution in [0, 0.1) is 6.92 Å². The van der Waals surface area contributed by atoms with Crippen LogP contribution in [0.3, 0.4) is 0 Å². The summed E-state index contributed by atoms with van der Waals surface area (Å²) in [6.07, 6.45) is 0. The minimum atomic E-state index is -0.841. The molecule has 1 fully saturated rings. The number of nitrogens with one attached hydrogen (secondary N) is 2. The quantitative estimate of drug-likeness (QED) is 0.457. The first-order valence-electron chi connectivity index (χ1n) is 10.1. The Morgan fingerprint density at radius 2 is 2.00 bits per heavy atom. The van der Waals surface area contributed by atoms with E-state index >= 15 is 0 Å². The first-order chi connectivity index (χ1) is 13.3. The molecule has 28 heavy (non-hydrogen) atoms. The number of nitrogens with zero attached hydrogens (tertiary/aromatic N) is 3. The summed E-state index contributed by atoms with van der Waals surface area (Å²) in [5.41, 5.74) is 2.75. The number of hydrogen-bond acceptors (Lipinski definition) is 5. The van der Waals surface area contributed by atoms with Gasteiger partial charge in [0.15, 0.2) is 5.96 Å². The van der Waals surface area contributed by atoms with Crippen LogP contribution in [-0.2, 0) is 11.3 Å². The summed E-state index contributed by atoms with van der Waals surface area (Å²) in [7, 11) is 4.10. The Kier molecular flexibility index (Phi) is 8.54. The Morgan fingerprint density at radius 3 is 2.64 bits per heavy atom. The number of aryl methyl sites for hydroxylation is 1. The van der Waals surface area contributed by atoms with Crippen molar-refractivity contribution in [2.45, 2.75) is 32.9 Å². The van der Waals surface area contributed by atoms with E-state index in [1.165, 1.54) is 16.8 Å². The highest BCUT2D eigenvalue weighted by atomic mass is 16.5. The number of benzene rings is 1. The van der Waals surface area contributed by atoms with Crippen molar-refractivity contribution in [2.24, 2.45) is 4.99 Å². The Morgan fingerprint density at radius 1 is 1.29 bits per heavy atom. The second kappa shape index (κ2) is 10.6. The number of ether oxygens (including phenoxy) is 1. The molecule has 1 aliphatic heterocycles. The van der Waals surface area contributed by atoms with Crippen LogP contribution in [0.2, 0.25) is 0 Å². The molecule has 0 aromatic heterocycles. The first kappa shape index (κ1) is 22.5. The monoisotopic (exact) mass is 391 g/mol. The molecule has 3 N–H and O–H groups in total. The highest BCUT2D eigenvalue weighted by molar-refractivity contribution is 5.80. The summed E-state index contributed by atoms with van der Waals surface area (Å²) in [4.78, 5) is 9.09. The van der Waals surface area contributed by atoms with Crippen LogP contribution in [0.4, 0.5) is 5.69 Å². The second-order valence-electron chi connectivity index (χ2n) is 7.96. The number of guanidine groups is 1. The van der Waals surface area contributed by atoms with Crippen molar-refractivity contribution in [1.82, 2.24) is 15.5 Å². The van der Waals surface area contributed by atoms with Gasteiger partial charge in [0.1, 0.15) is 0 Å². The lowest BCUT2D eigenvalue weighted by atomic mass is 10.1. The zero-order valence-electron chi connectivity index (χ0n) is 18.1. The van der Waals surface area contributed by atoms with E-state index in [1.54, 1.807) is 0 Å². The lowest BCUT2D eigenvalue weighted by molar-refractivity contribution is -0.0201. The fraction of sp³-hybridized carbons (Fsp3) is 0.667. The van der Waals surface area contributed by atoms with Crippen molar-refractivity contribution in [2.75, 3.05) is 64.9 Å². The SMILES string of the molecule is CCNC(=NCc1ccc(C)cc1N(C)C)NCC(C)(O)CN1CCOCC1. The molecule has 0 amide bonds. The van der Waals surface area contributed by atoms with Crippen LogP contribution in [-0.4, -0.2) is 81.6 Å². The standard InChI is InChI=1S/C21H37N5O2/c1-6-22-20(23-14-18-8-7-17(2)13-19(18)25(4)5)24-15-21(3,27)16-26-9-11-28-12-10-26/h7-8,13,27H,6,9-12,14-16H2,1-5H3,(H2,22,23,24). The molecule has 1 saturated heterocycles. The Hall–Kier alpha value is -1.83. The number of aliphatic imine (C=N–C) groups is 1. The largest absolute Gasteiger partial charge is 0.387 e. The molecule has 158 valence electrons. The summed E-state index contributed by atoms with van der Waals surface area (Å²) >= 11 is 0. The maximum Gasteiger partial charge on any atom is 0.191 e. The number of hydrogen-bond donors (Lipinski definition) is 3. The summed E-state index contributed by atoms with van der Waals surface area (Å²) in [6, 6.07) is 6.43. The topological polar surface area (TPSA) is 72.4 Å². The molecule has 0 radical (unpaired) electrons. The van der Waals surface area contributed by atoms with Crippen LogP contribution in [0.15, 0.2) is 23.2 Å². The molecule has 0 aliphatic carbocycles. The number of rotatable bonds is 8. The van der Waals surface area contributed by atoms with Crippen molar-refractivity contribution in [3.63, 3.8) is 0 Å². The third kappa shape index (κ3) is 7.30. The van der Waals surface area contributed by atoms with Gasteiger partial charge in [0.25, 0.3) is 0 Å². The smallest absolute Gasteiger partial charge is 0.191 e. The predicted molar refractivity (Wildman–Crippen MR) is 116 cm³/mol. The maximum atomic E-state index is 10.8. The minimum Gasteiger partial charge on any atom is -0.387 e.